The molecule has 0 saturated carbocycles. The van der Waals surface area contributed by atoms with E-state index in [0.717, 1.165) is 22.4 Å². The first-order chi connectivity index (χ1) is 14.6. The molecule has 154 valence electrons. The Morgan fingerprint density at radius 3 is 2.27 bits per heavy atom. The molecule has 2 atom stereocenters. The third-order valence-corrected chi connectivity index (χ3v) is 5.22. The van der Waals surface area contributed by atoms with E-state index >= 15 is 0 Å². The van der Waals surface area contributed by atoms with Crippen molar-refractivity contribution in [2.75, 3.05) is 5.75 Å². The van der Waals surface area contributed by atoms with Crippen molar-refractivity contribution in [3.05, 3.63) is 84.3 Å². The van der Waals surface area contributed by atoms with E-state index in [0.29, 0.717) is 12.2 Å². The highest BCUT2D eigenvalue weighted by Gasteiger charge is 2.25. The van der Waals surface area contributed by atoms with Crippen molar-refractivity contribution in [2.45, 2.75) is 18.9 Å². The van der Waals surface area contributed by atoms with Gasteiger partial charge in [-0.15, -0.1) is 0 Å². The Morgan fingerprint density at radius 2 is 1.67 bits per heavy atom. The van der Waals surface area contributed by atoms with Gasteiger partial charge in [0.05, 0.1) is 17.8 Å². The maximum absolute atomic E-state index is 12.7. The van der Waals surface area contributed by atoms with Crippen molar-refractivity contribution < 1.29 is 14.7 Å². The smallest absolute Gasteiger partial charge is 0.326 e. The Hall–Kier alpha value is -3.19. The van der Waals surface area contributed by atoms with Crippen molar-refractivity contribution in [1.82, 2.24) is 15.3 Å². The standard InChI is InChI=1S/C23H23N3O3S/c27-22(19(15-30)12-16-4-2-1-3-5-16)26-20(23(28)29)13-17-6-8-18(9-7-17)21-14-24-10-11-25-21/h1-11,14,19-20,30H,12-13,15H2,(H,26,27)(H,28,29). The van der Waals surface area contributed by atoms with E-state index in [2.05, 4.69) is 27.9 Å². The number of carbonyl (C=O) groups excluding carboxylic acids is 1. The predicted molar refractivity (Wildman–Crippen MR) is 118 cm³/mol. The average Bonchev–Trinajstić information content (AvgIpc) is 2.78. The molecule has 30 heavy (non-hydrogen) atoms. The lowest BCUT2D eigenvalue weighted by molar-refractivity contribution is -0.142. The van der Waals surface area contributed by atoms with Crippen LogP contribution in [0, 0.1) is 5.92 Å². The largest absolute Gasteiger partial charge is 0.480 e. The quantitative estimate of drug-likeness (QED) is 0.462. The molecule has 0 bridgehead atoms. The number of aliphatic carboxylic acids is 1. The van der Waals surface area contributed by atoms with E-state index in [4.69, 9.17) is 0 Å². The second-order valence-electron chi connectivity index (χ2n) is 6.96. The van der Waals surface area contributed by atoms with Gasteiger partial charge in [0.1, 0.15) is 6.04 Å². The molecule has 0 saturated heterocycles. The van der Waals surface area contributed by atoms with Crippen molar-refractivity contribution in [1.29, 1.82) is 0 Å². The van der Waals surface area contributed by atoms with Crippen LogP contribution in [0.4, 0.5) is 0 Å². The van der Waals surface area contributed by atoms with Gasteiger partial charge in [0, 0.05) is 30.1 Å². The van der Waals surface area contributed by atoms with Crippen molar-refractivity contribution in [2.24, 2.45) is 5.92 Å². The number of aromatic nitrogens is 2. The summed E-state index contributed by atoms with van der Waals surface area (Å²) in [7, 11) is 0. The van der Waals surface area contributed by atoms with Crippen LogP contribution in [0.5, 0.6) is 0 Å². The molecule has 3 rings (SSSR count). The molecule has 2 unspecified atom stereocenters. The van der Waals surface area contributed by atoms with Gasteiger partial charge in [-0.25, -0.2) is 4.79 Å². The minimum absolute atomic E-state index is 0.187. The van der Waals surface area contributed by atoms with Crippen LogP contribution in [-0.2, 0) is 22.4 Å². The summed E-state index contributed by atoms with van der Waals surface area (Å²) in [5.74, 6) is -1.45. The molecule has 3 aromatic rings. The highest BCUT2D eigenvalue weighted by atomic mass is 32.1. The molecular weight excluding hydrogens is 398 g/mol. The van der Waals surface area contributed by atoms with Crippen LogP contribution in [0.3, 0.4) is 0 Å². The van der Waals surface area contributed by atoms with Crippen molar-refractivity contribution in [3.8, 4) is 11.3 Å². The number of benzene rings is 2. The molecule has 0 aliphatic rings. The fourth-order valence-electron chi connectivity index (χ4n) is 3.12. The van der Waals surface area contributed by atoms with Crippen molar-refractivity contribution >= 4 is 24.5 Å². The second kappa shape index (κ2) is 10.5. The molecule has 0 aliphatic carbocycles. The molecule has 1 amide bonds. The zero-order chi connectivity index (χ0) is 21.3. The summed E-state index contributed by atoms with van der Waals surface area (Å²) in [6.07, 6.45) is 5.59. The lowest BCUT2D eigenvalue weighted by Crippen LogP contribution is -2.45. The van der Waals surface area contributed by atoms with Crippen LogP contribution in [0.2, 0.25) is 0 Å². The third-order valence-electron chi connectivity index (χ3n) is 4.78. The van der Waals surface area contributed by atoms with E-state index in [1.807, 2.05) is 54.6 Å². The third kappa shape index (κ3) is 5.90. The van der Waals surface area contributed by atoms with Crippen LogP contribution in [0.1, 0.15) is 11.1 Å². The Kier molecular flexibility index (Phi) is 7.57. The molecule has 1 heterocycles. The lowest BCUT2D eigenvalue weighted by Gasteiger charge is -2.19. The zero-order valence-electron chi connectivity index (χ0n) is 16.3. The van der Waals surface area contributed by atoms with E-state index < -0.39 is 17.9 Å². The minimum atomic E-state index is -1.07. The molecule has 0 spiro atoms. The van der Waals surface area contributed by atoms with Crippen molar-refractivity contribution in [3.63, 3.8) is 0 Å². The first kappa shape index (κ1) is 21.5. The number of carboxylic acid groups (broad SMARTS) is 1. The van der Waals surface area contributed by atoms with E-state index in [-0.39, 0.29) is 12.3 Å². The van der Waals surface area contributed by atoms with Gasteiger partial charge in [0.25, 0.3) is 0 Å². The Balaban J connectivity index is 1.65. The van der Waals surface area contributed by atoms with Crippen LogP contribution in [0.25, 0.3) is 11.3 Å². The Morgan fingerprint density at radius 1 is 0.967 bits per heavy atom. The number of amides is 1. The number of nitrogens with zero attached hydrogens (tertiary/aromatic N) is 2. The number of nitrogens with one attached hydrogen (secondary N) is 1. The topological polar surface area (TPSA) is 92.2 Å². The van der Waals surface area contributed by atoms with E-state index in [9.17, 15) is 14.7 Å². The van der Waals surface area contributed by atoms with Crippen LogP contribution in [0.15, 0.2) is 73.2 Å². The zero-order valence-corrected chi connectivity index (χ0v) is 17.2. The van der Waals surface area contributed by atoms with Crippen LogP contribution in [-0.4, -0.2) is 38.7 Å². The molecule has 0 radical (unpaired) electrons. The molecule has 1 aromatic heterocycles. The first-order valence-electron chi connectivity index (χ1n) is 9.60. The van der Waals surface area contributed by atoms with Crippen LogP contribution < -0.4 is 5.32 Å². The fourth-order valence-corrected chi connectivity index (χ4v) is 3.42. The van der Waals surface area contributed by atoms with Gasteiger partial charge in [-0.05, 0) is 17.5 Å². The lowest BCUT2D eigenvalue weighted by atomic mass is 9.98. The second-order valence-corrected chi connectivity index (χ2v) is 7.33. The summed E-state index contributed by atoms with van der Waals surface area (Å²) >= 11 is 4.29. The summed E-state index contributed by atoms with van der Waals surface area (Å²) in [6.45, 7) is 0. The SMILES string of the molecule is O=C(NC(Cc1ccc(-c2cnccn2)cc1)C(=O)O)C(CS)Cc1ccccc1. The fraction of sp³-hybridized carbons (Fsp3) is 0.217. The molecule has 0 aliphatic heterocycles. The Labute approximate surface area is 180 Å². The summed E-state index contributed by atoms with van der Waals surface area (Å²) in [4.78, 5) is 32.7. The van der Waals surface area contributed by atoms with Gasteiger partial charge in [0.15, 0.2) is 0 Å². The monoisotopic (exact) mass is 421 g/mol. The highest BCUT2D eigenvalue weighted by molar-refractivity contribution is 7.80. The minimum Gasteiger partial charge on any atom is -0.480 e. The van der Waals surface area contributed by atoms with Gasteiger partial charge in [-0.1, -0.05) is 54.6 Å². The van der Waals surface area contributed by atoms with Gasteiger partial charge < -0.3 is 10.4 Å². The number of thiol groups is 1. The van der Waals surface area contributed by atoms with Gasteiger partial charge in [-0.3, -0.25) is 14.8 Å². The number of rotatable bonds is 9. The maximum atomic E-state index is 12.7. The van der Waals surface area contributed by atoms with Gasteiger partial charge in [-0.2, -0.15) is 12.6 Å². The maximum Gasteiger partial charge on any atom is 0.326 e. The first-order valence-corrected chi connectivity index (χ1v) is 10.2. The van der Waals surface area contributed by atoms with Crippen LogP contribution >= 0.6 is 12.6 Å². The predicted octanol–water partition coefficient (Wildman–Crippen LogP) is 3.04. The number of carboxylic acids is 1. The summed E-state index contributed by atoms with van der Waals surface area (Å²) in [5, 5.41) is 12.3. The van der Waals surface area contributed by atoms with E-state index in [1.54, 1.807) is 18.6 Å². The highest BCUT2D eigenvalue weighted by Crippen LogP contribution is 2.17. The number of carbonyl (C=O) groups is 2. The number of hydrogen-bond donors (Lipinski definition) is 3. The summed E-state index contributed by atoms with van der Waals surface area (Å²) < 4.78 is 0. The average molecular weight is 422 g/mol. The number of hydrogen-bond acceptors (Lipinski definition) is 5. The van der Waals surface area contributed by atoms with E-state index in [1.165, 1.54) is 0 Å². The van der Waals surface area contributed by atoms with Gasteiger partial charge >= 0.3 is 5.97 Å². The summed E-state index contributed by atoms with van der Waals surface area (Å²) in [5.41, 5.74) is 3.45. The molecule has 6 nitrogen and oxygen atoms in total. The summed E-state index contributed by atoms with van der Waals surface area (Å²) in [6, 6.07) is 16.0. The normalized spacial score (nSPS) is 12.7. The van der Waals surface area contributed by atoms with Gasteiger partial charge in [0.2, 0.25) is 5.91 Å². The molecule has 7 heteroatoms. The Bertz CT molecular complexity index is 966. The molecule has 2 N–H and O–H groups in total. The molecule has 0 fully saturated rings. The molecule has 2 aromatic carbocycles. The molecular formula is C23H23N3O3S.